The second kappa shape index (κ2) is 11.0. The number of amides is 1. The van der Waals surface area contributed by atoms with Crippen molar-refractivity contribution in [2.75, 3.05) is 13.2 Å². The molecule has 5 rings (SSSR count). The second-order valence-electron chi connectivity index (χ2n) is 9.48. The number of hydrogen-bond acceptors (Lipinski definition) is 7. The molecule has 2 unspecified atom stereocenters. The average molecular weight is 527 g/mol. The van der Waals surface area contributed by atoms with Crippen LogP contribution < -0.4 is 14.2 Å². The van der Waals surface area contributed by atoms with E-state index >= 15 is 0 Å². The summed E-state index contributed by atoms with van der Waals surface area (Å²) >= 11 is 0. The summed E-state index contributed by atoms with van der Waals surface area (Å²) in [4.78, 5) is 32.4. The quantitative estimate of drug-likeness (QED) is 0.182. The van der Waals surface area contributed by atoms with Crippen LogP contribution in [-0.4, -0.2) is 46.0 Å². The van der Waals surface area contributed by atoms with Crippen molar-refractivity contribution in [3.63, 3.8) is 0 Å². The van der Waals surface area contributed by atoms with Crippen LogP contribution in [0, 0.1) is 0 Å². The number of aromatic nitrogens is 1. The summed E-state index contributed by atoms with van der Waals surface area (Å²) in [7, 11) is 0. The van der Waals surface area contributed by atoms with Crippen LogP contribution in [0.15, 0.2) is 79.2 Å². The lowest BCUT2D eigenvalue weighted by Crippen LogP contribution is -2.29. The average Bonchev–Trinajstić information content (AvgIpc) is 3.43. The van der Waals surface area contributed by atoms with Gasteiger partial charge in [-0.1, -0.05) is 18.7 Å². The van der Waals surface area contributed by atoms with Gasteiger partial charge in [0, 0.05) is 30.9 Å². The first-order chi connectivity index (χ1) is 18.9. The van der Waals surface area contributed by atoms with E-state index in [0.29, 0.717) is 42.3 Å². The van der Waals surface area contributed by atoms with Crippen LogP contribution in [-0.2, 0) is 22.6 Å². The fraction of sp³-hybridized carbons (Fsp3) is 0.258. The minimum absolute atomic E-state index is 0.0168. The van der Waals surface area contributed by atoms with E-state index in [1.807, 2.05) is 19.9 Å². The third kappa shape index (κ3) is 5.10. The number of aliphatic hydroxyl groups is 1. The van der Waals surface area contributed by atoms with E-state index in [2.05, 4.69) is 11.6 Å². The molecule has 0 saturated carbocycles. The molecule has 2 atom stereocenters. The molecule has 39 heavy (non-hydrogen) atoms. The molecule has 200 valence electrons. The molecule has 0 spiro atoms. The Morgan fingerprint density at radius 1 is 1.13 bits per heavy atom. The minimum Gasteiger partial charge on any atom is -0.507 e. The standard InChI is InChI=1S/C31H30N2O6/c1-4-14-38-25-9-6-21(17-26(25)37-5-2)28-27(29(34)22-7-8-24-23(16-22)15-19(3)39-24)30(35)31(36)33(28)18-20-10-12-32-13-11-20/h4,6-13,16-17,19,28,34H,1,5,14-15,18H2,2-3H3/b29-27+. The monoisotopic (exact) mass is 526 g/mol. The van der Waals surface area contributed by atoms with Crippen molar-refractivity contribution in [2.45, 2.75) is 39.0 Å². The maximum atomic E-state index is 13.5. The lowest BCUT2D eigenvalue weighted by Gasteiger charge is -2.26. The van der Waals surface area contributed by atoms with E-state index in [1.165, 1.54) is 4.90 Å². The van der Waals surface area contributed by atoms with Crippen LogP contribution in [0.3, 0.4) is 0 Å². The smallest absolute Gasteiger partial charge is 0.295 e. The molecular formula is C31H30N2O6. The molecule has 8 heteroatoms. The van der Waals surface area contributed by atoms with Crippen LogP contribution in [0.2, 0.25) is 0 Å². The van der Waals surface area contributed by atoms with Crippen molar-refractivity contribution in [1.82, 2.24) is 9.88 Å². The van der Waals surface area contributed by atoms with Crippen molar-refractivity contribution in [3.05, 3.63) is 101 Å². The summed E-state index contributed by atoms with van der Waals surface area (Å²) in [6.45, 7) is 8.36. The van der Waals surface area contributed by atoms with Crippen LogP contribution in [0.1, 0.15) is 42.1 Å². The molecule has 1 aromatic heterocycles. The SMILES string of the molecule is C=CCOc1ccc(C2/C(=C(\O)c3ccc4c(c3)CC(C)O4)C(=O)C(=O)N2Cc2ccncc2)cc1OCC. The number of Topliss-reactive ketones (excluding diaryl/α,β-unsaturated/α-hetero) is 1. The van der Waals surface area contributed by atoms with Crippen LogP contribution in [0.25, 0.3) is 5.76 Å². The highest BCUT2D eigenvalue weighted by Gasteiger charge is 2.46. The molecular weight excluding hydrogens is 496 g/mol. The summed E-state index contributed by atoms with van der Waals surface area (Å²) in [5.41, 5.74) is 2.82. The van der Waals surface area contributed by atoms with Gasteiger partial charge in [0.05, 0.1) is 18.2 Å². The Morgan fingerprint density at radius 3 is 2.67 bits per heavy atom. The van der Waals surface area contributed by atoms with E-state index < -0.39 is 17.7 Å². The maximum absolute atomic E-state index is 13.5. The molecule has 1 saturated heterocycles. The van der Waals surface area contributed by atoms with Crippen molar-refractivity contribution in [3.8, 4) is 17.2 Å². The van der Waals surface area contributed by atoms with Crippen LogP contribution >= 0.6 is 0 Å². The van der Waals surface area contributed by atoms with E-state index in [0.717, 1.165) is 16.9 Å². The van der Waals surface area contributed by atoms with E-state index in [9.17, 15) is 14.7 Å². The molecule has 1 N–H and O–H groups in total. The number of fused-ring (bicyclic) bond motifs is 1. The van der Waals surface area contributed by atoms with Gasteiger partial charge in [0.2, 0.25) is 0 Å². The van der Waals surface area contributed by atoms with Gasteiger partial charge >= 0.3 is 0 Å². The van der Waals surface area contributed by atoms with E-state index in [-0.39, 0.29) is 24.0 Å². The Bertz CT molecular complexity index is 1450. The minimum atomic E-state index is -0.853. The van der Waals surface area contributed by atoms with Crippen molar-refractivity contribution in [2.24, 2.45) is 0 Å². The van der Waals surface area contributed by atoms with Gasteiger partial charge in [0.25, 0.3) is 11.7 Å². The van der Waals surface area contributed by atoms with Gasteiger partial charge in [-0.15, -0.1) is 0 Å². The molecule has 8 nitrogen and oxygen atoms in total. The molecule has 0 bridgehead atoms. The topological polar surface area (TPSA) is 98.2 Å². The predicted octanol–water partition coefficient (Wildman–Crippen LogP) is 4.99. The third-order valence-corrected chi connectivity index (χ3v) is 6.75. The van der Waals surface area contributed by atoms with Crippen LogP contribution in [0.4, 0.5) is 0 Å². The number of pyridine rings is 1. The first-order valence-electron chi connectivity index (χ1n) is 12.9. The van der Waals surface area contributed by atoms with E-state index in [1.54, 1.807) is 60.9 Å². The fourth-order valence-corrected chi connectivity index (χ4v) is 5.03. The Morgan fingerprint density at radius 2 is 1.92 bits per heavy atom. The molecule has 2 aliphatic heterocycles. The Labute approximate surface area is 227 Å². The highest BCUT2D eigenvalue weighted by Crippen LogP contribution is 2.43. The highest BCUT2D eigenvalue weighted by molar-refractivity contribution is 6.46. The number of aliphatic hydroxyl groups excluding tert-OH is 1. The van der Waals surface area contributed by atoms with Crippen LogP contribution in [0.5, 0.6) is 17.2 Å². The zero-order valence-electron chi connectivity index (χ0n) is 21.9. The maximum Gasteiger partial charge on any atom is 0.295 e. The second-order valence-corrected chi connectivity index (χ2v) is 9.48. The largest absolute Gasteiger partial charge is 0.507 e. The number of carbonyl (C=O) groups excluding carboxylic acids is 2. The Balaban J connectivity index is 1.64. The molecule has 0 radical (unpaired) electrons. The highest BCUT2D eigenvalue weighted by atomic mass is 16.5. The molecule has 2 aromatic carbocycles. The molecule has 1 amide bonds. The predicted molar refractivity (Wildman–Crippen MR) is 146 cm³/mol. The zero-order valence-corrected chi connectivity index (χ0v) is 21.9. The normalized spacial score (nSPS) is 19.5. The summed E-state index contributed by atoms with van der Waals surface area (Å²) in [6, 6.07) is 13.3. The van der Waals surface area contributed by atoms with Crippen molar-refractivity contribution in [1.29, 1.82) is 0 Å². The third-order valence-electron chi connectivity index (χ3n) is 6.75. The van der Waals surface area contributed by atoms with Gasteiger partial charge < -0.3 is 24.2 Å². The molecule has 2 aliphatic rings. The van der Waals surface area contributed by atoms with Crippen molar-refractivity contribution >= 4 is 17.4 Å². The summed E-state index contributed by atoms with van der Waals surface area (Å²) in [6.07, 6.45) is 5.62. The van der Waals surface area contributed by atoms with Gasteiger partial charge in [-0.2, -0.15) is 0 Å². The Hall–Kier alpha value is -4.59. The number of rotatable bonds is 9. The zero-order chi connectivity index (χ0) is 27.5. The fourth-order valence-electron chi connectivity index (χ4n) is 5.03. The number of benzene rings is 2. The number of nitrogens with zero attached hydrogens (tertiary/aromatic N) is 2. The number of hydrogen-bond donors (Lipinski definition) is 1. The number of carbonyl (C=O) groups is 2. The first kappa shape index (κ1) is 26.0. The summed E-state index contributed by atoms with van der Waals surface area (Å²) < 4.78 is 17.4. The van der Waals surface area contributed by atoms with E-state index in [4.69, 9.17) is 14.2 Å². The molecule has 1 fully saturated rings. The Kier molecular flexibility index (Phi) is 7.36. The summed E-state index contributed by atoms with van der Waals surface area (Å²) in [5.74, 6) is 0.0606. The molecule has 3 heterocycles. The van der Waals surface area contributed by atoms with Gasteiger partial charge in [-0.3, -0.25) is 14.6 Å². The van der Waals surface area contributed by atoms with Gasteiger partial charge in [0.1, 0.15) is 24.2 Å². The number of ether oxygens (including phenoxy) is 3. The first-order valence-corrected chi connectivity index (χ1v) is 12.9. The molecule has 3 aromatic rings. The van der Waals surface area contributed by atoms with Gasteiger partial charge in [0.15, 0.2) is 11.5 Å². The summed E-state index contributed by atoms with van der Waals surface area (Å²) in [5, 5.41) is 11.5. The van der Waals surface area contributed by atoms with Crippen molar-refractivity contribution < 1.29 is 28.9 Å². The lowest BCUT2D eigenvalue weighted by molar-refractivity contribution is -0.140. The lowest BCUT2D eigenvalue weighted by atomic mass is 9.94. The number of ketones is 1. The number of likely N-dealkylation sites (tertiary alicyclic amines) is 1. The molecule has 0 aliphatic carbocycles. The van der Waals surface area contributed by atoms with Gasteiger partial charge in [-0.25, -0.2) is 0 Å². The van der Waals surface area contributed by atoms with Gasteiger partial charge in [-0.05, 0) is 73.0 Å².